The summed E-state index contributed by atoms with van der Waals surface area (Å²) in [6.45, 7) is 3.51. The summed E-state index contributed by atoms with van der Waals surface area (Å²) in [7, 11) is 0. The van der Waals surface area contributed by atoms with E-state index in [1.807, 2.05) is 42.5 Å². The number of halogens is 3. The number of ether oxygens (including phenoxy) is 2. The van der Waals surface area contributed by atoms with Crippen molar-refractivity contribution in [3.63, 3.8) is 0 Å². The van der Waals surface area contributed by atoms with Crippen LogP contribution in [-0.4, -0.2) is 5.11 Å². The van der Waals surface area contributed by atoms with E-state index in [-0.39, 0.29) is 5.75 Å². The predicted molar refractivity (Wildman–Crippen MR) is 140 cm³/mol. The summed E-state index contributed by atoms with van der Waals surface area (Å²) >= 11 is 10.6. The Morgan fingerprint density at radius 3 is 2.12 bits per heavy atom. The fourth-order valence-electron chi connectivity index (χ4n) is 3.87. The van der Waals surface area contributed by atoms with Crippen molar-refractivity contribution in [1.29, 1.82) is 5.26 Å². The van der Waals surface area contributed by atoms with Gasteiger partial charge >= 0.3 is 0 Å². The summed E-state index contributed by atoms with van der Waals surface area (Å²) in [6.07, 6.45) is 4.03. The first-order valence-corrected chi connectivity index (χ1v) is 12.3. The zero-order valence-corrected chi connectivity index (χ0v) is 22.5. The Bertz CT molecular complexity index is 1360. The highest BCUT2D eigenvalue weighted by Crippen LogP contribution is 2.50. The highest BCUT2D eigenvalue weighted by atomic mass is 79.9. The van der Waals surface area contributed by atoms with Crippen LogP contribution in [0.5, 0.6) is 17.2 Å². The number of hydrogen-bond acceptors (Lipinski definition) is 4. The Morgan fingerprint density at radius 1 is 0.848 bits per heavy atom. The van der Waals surface area contributed by atoms with Crippen LogP contribution in [0, 0.1) is 11.3 Å². The van der Waals surface area contributed by atoms with Gasteiger partial charge in [-0.15, -0.1) is 0 Å². The van der Waals surface area contributed by atoms with Crippen LogP contribution >= 0.6 is 47.8 Å². The molecule has 33 heavy (non-hydrogen) atoms. The van der Waals surface area contributed by atoms with Crippen molar-refractivity contribution in [1.82, 2.24) is 0 Å². The molecule has 0 bridgehead atoms. The number of hydrogen-bond donors (Lipinski definition) is 1. The number of fused-ring (bicyclic) bond motifs is 3. The van der Waals surface area contributed by atoms with Crippen LogP contribution in [0.4, 0.5) is 0 Å². The number of rotatable bonds is 1. The largest absolute Gasteiger partial charge is 0.507 e. The summed E-state index contributed by atoms with van der Waals surface area (Å²) in [5.74, 6) is 2.15. The van der Waals surface area contributed by atoms with Crippen LogP contribution in [0.1, 0.15) is 30.5 Å². The van der Waals surface area contributed by atoms with E-state index >= 15 is 0 Å². The van der Waals surface area contributed by atoms with Gasteiger partial charge in [-0.2, -0.15) is 5.26 Å². The lowest BCUT2D eigenvalue weighted by Crippen LogP contribution is -2.35. The normalized spacial score (nSPS) is 17.7. The molecule has 1 spiro atoms. The molecule has 166 valence electrons. The molecule has 5 rings (SSSR count). The van der Waals surface area contributed by atoms with Crippen LogP contribution in [-0.2, 0) is 5.60 Å². The van der Waals surface area contributed by atoms with Crippen LogP contribution < -0.4 is 9.47 Å². The Balaban J connectivity index is 0.000000821. The average Bonchev–Trinajstić information content (AvgIpc) is 2.77. The Hall–Kier alpha value is -2.53. The average molecular weight is 632 g/mol. The van der Waals surface area contributed by atoms with Crippen molar-refractivity contribution in [2.75, 3.05) is 0 Å². The molecule has 3 aromatic rings. The molecule has 0 amide bonds. The summed E-state index contributed by atoms with van der Waals surface area (Å²) in [4.78, 5) is 0. The molecule has 4 nitrogen and oxygen atoms in total. The quantitative estimate of drug-likeness (QED) is 0.293. The number of aromatic hydroxyl groups is 1. The molecule has 0 unspecified atom stereocenters. The molecular weight excluding hydrogens is 614 g/mol. The third-order valence-electron chi connectivity index (χ3n) is 5.23. The number of allylic oxidation sites excluding steroid dienone is 1. The lowest BCUT2D eigenvalue weighted by Gasteiger charge is -2.38. The van der Waals surface area contributed by atoms with Crippen molar-refractivity contribution < 1.29 is 14.6 Å². The molecule has 0 saturated heterocycles. The predicted octanol–water partition coefficient (Wildman–Crippen LogP) is 8.33. The van der Waals surface area contributed by atoms with Crippen LogP contribution in [0.3, 0.4) is 0 Å². The lowest BCUT2D eigenvalue weighted by molar-refractivity contribution is 0.158. The van der Waals surface area contributed by atoms with Gasteiger partial charge in [-0.1, -0.05) is 47.8 Å². The monoisotopic (exact) mass is 629 g/mol. The van der Waals surface area contributed by atoms with E-state index in [0.717, 1.165) is 35.9 Å². The maximum absolute atomic E-state index is 10.5. The first kappa shape index (κ1) is 23.6. The first-order valence-electron chi connectivity index (χ1n) is 9.95. The fourth-order valence-corrected chi connectivity index (χ4v) is 4.95. The van der Waals surface area contributed by atoms with Gasteiger partial charge < -0.3 is 14.6 Å². The van der Waals surface area contributed by atoms with Gasteiger partial charge in [0.25, 0.3) is 0 Å². The molecule has 0 aromatic heterocycles. The smallest absolute Gasteiger partial charge is 0.179 e. The van der Waals surface area contributed by atoms with E-state index in [9.17, 15) is 5.11 Å². The molecule has 0 radical (unpaired) electrons. The van der Waals surface area contributed by atoms with Crippen molar-refractivity contribution >= 4 is 59.1 Å². The van der Waals surface area contributed by atoms with Crippen molar-refractivity contribution in [3.8, 4) is 23.3 Å². The first-order chi connectivity index (χ1) is 15.8. The van der Waals surface area contributed by atoms with E-state index in [0.29, 0.717) is 17.1 Å². The third-order valence-corrected chi connectivity index (χ3v) is 6.71. The highest BCUT2D eigenvalue weighted by Gasteiger charge is 2.41. The van der Waals surface area contributed by atoms with Gasteiger partial charge in [-0.05, 0) is 73.2 Å². The SMILES string of the molecule is CC#N.CC1=C[C@]2(C=C(c3cc(Br)ccc3O)Oc3ccc(Br)cc32)Oc2ccc(Br)cc21. The molecule has 1 N–H and O–H groups in total. The maximum Gasteiger partial charge on any atom is 0.179 e. The van der Waals surface area contributed by atoms with E-state index < -0.39 is 5.60 Å². The van der Waals surface area contributed by atoms with Gasteiger partial charge in [0.05, 0.1) is 11.6 Å². The topological polar surface area (TPSA) is 62.5 Å². The fraction of sp³-hybridized carbons (Fsp3) is 0.115. The maximum atomic E-state index is 10.5. The zero-order valence-electron chi connectivity index (χ0n) is 17.7. The summed E-state index contributed by atoms with van der Waals surface area (Å²) in [6, 6.07) is 18.9. The zero-order chi connectivity index (χ0) is 23.8. The Labute approximate surface area is 217 Å². The van der Waals surface area contributed by atoms with E-state index in [2.05, 4.69) is 66.9 Å². The van der Waals surface area contributed by atoms with Gasteiger partial charge in [-0.25, -0.2) is 0 Å². The lowest BCUT2D eigenvalue weighted by atomic mass is 9.84. The Kier molecular flexibility index (Phi) is 6.71. The summed E-state index contributed by atoms with van der Waals surface area (Å²) < 4.78 is 15.6. The number of phenolic OH excluding ortho intramolecular Hbond substituents is 1. The Morgan fingerprint density at radius 2 is 1.42 bits per heavy atom. The van der Waals surface area contributed by atoms with Crippen LogP contribution in [0.2, 0.25) is 0 Å². The van der Waals surface area contributed by atoms with E-state index in [1.165, 1.54) is 6.92 Å². The molecule has 3 aromatic carbocycles. The van der Waals surface area contributed by atoms with Crippen LogP contribution in [0.25, 0.3) is 11.3 Å². The molecule has 2 aliphatic rings. The van der Waals surface area contributed by atoms with Crippen molar-refractivity contribution in [2.24, 2.45) is 0 Å². The number of benzene rings is 3. The molecule has 0 aliphatic carbocycles. The minimum atomic E-state index is -0.869. The molecular formula is C26H18Br3NO3. The summed E-state index contributed by atoms with van der Waals surface area (Å²) in [5.41, 5.74) is 2.75. The highest BCUT2D eigenvalue weighted by molar-refractivity contribution is 9.11. The minimum Gasteiger partial charge on any atom is -0.507 e. The van der Waals surface area contributed by atoms with Gasteiger partial charge in [0.2, 0.25) is 0 Å². The molecule has 1 atom stereocenters. The van der Waals surface area contributed by atoms with Crippen LogP contribution in [0.15, 0.2) is 80.2 Å². The van der Waals surface area contributed by atoms with Gasteiger partial charge in [0, 0.05) is 37.5 Å². The minimum absolute atomic E-state index is 0.140. The van der Waals surface area contributed by atoms with Gasteiger partial charge in [-0.3, -0.25) is 0 Å². The molecule has 2 aliphatic heterocycles. The number of nitrogens with zero attached hydrogens (tertiary/aromatic N) is 1. The van der Waals surface area contributed by atoms with E-state index in [1.54, 1.807) is 18.2 Å². The molecule has 7 heteroatoms. The molecule has 0 fully saturated rings. The summed E-state index contributed by atoms with van der Waals surface area (Å²) in [5, 5.41) is 17.8. The number of phenols is 1. The second kappa shape index (κ2) is 9.38. The van der Waals surface area contributed by atoms with Crippen molar-refractivity contribution in [2.45, 2.75) is 19.4 Å². The van der Waals surface area contributed by atoms with Gasteiger partial charge in [0.15, 0.2) is 5.60 Å². The molecule has 0 saturated carbocycles. The van der Waals surface area contributed by atoms with Crippen molar-refractivity contribution in [3.05, 3.63) is 96.9 Å². The van der Waals surface area contributed by atoms with E-state index in [4.69, 9.17) is 14.7 Å². The second-order valence-corrected chi connectivity index (χ2v) is 10.2. The third kappa shape index (κ3) is 4.61. The number of nitriles is 1. The molecule has 2 heterocycles. The second-order valence-electron chi connectivity index (χ2n) is 7.50. The van der Waals surface area contributed by atoms with Gasteiger partial charge in [0.1, 0.15) is 23.0 Å². The standard InChI is InChI=1S/C24H15Br3O3.C2H3N/c1-13-11-24(30-21-6-3-15(26)8-17(13)21)12-23(18-9-14(25)2-5-20(18)28)29-22-7-4-16(27)10-19(22)24;1-2-3/h2-12,28H,1H3;1H3/t24-;/m1./s1.